The second-order valence-corrected chi connectivity index (χ2v) is 5.18. The number of nitrogens with zero attached hydrogens (tertiary/aromatic N) is 1. The van der Waals surface area contributed by atoms with Gasteiger partial charge < -0.3 is 9.64 Å². The molecule has 1 aromatic rings. The number of thioether (sulfide) groups is 1. The third-order valence-electron chi connectivity index (χ3n) is 2.44. The molecule has 1 rings (SSSR count). The Morgan fingerprint density at radius 1 is 1.39 bits per heavy atom. The molecule has 0 radical (unpaired) electrons. The van der Waals surface area contributed by atoms with Crippen molar-refractivity contribution in [2.24, 2.45) is 0 Å². The summed E-state index contributed by atoms with van der Waals surface area (Å²) in [6.45, 7) is 3.99. The van der Waals surface area contributed by atoms with Crippen LogP contribution in [0.2, 0.25) is 0 Å². The quantitative estimate of drug-likeness (QED) is 0.617. The maximum atomic E-state index is 11.7. The van der Waals surface area contributed by atoms with Crippen molar-refractivity contribution in [1.29, 1.82) is 0 Å². The first-order chi connectivity index (χ1) is 8.49. The van der Waals surface area contributed by atoms with E-state index in [0.717, 1.165) is 15.5 Å². The fourth-order valence-corrected chi connectivity index (χ4v) is 2.55. The Kier molecular flexibility index (Phi) is 5.28. The van der Waals surface area contributed by atoms with E-state index in [1.165, 1.54) is 7.11 Å². The second-order valence-electron chi connectivity index (χ2n) is 4.11. The second kappa shape index (κ2) is 6.50. The highest BCUT2D eigenvalue weighted by Gasteiger charge is 2.14. The van der Waals surface area contributed by atoms with E-state index in [4.69, 9.17) is 4.74 Å². The average molecular weight is 265 g/mol. The van der Waals surface area contributed by atoms with Crippen LogP contribution in [0, 0.1) is 6.92 Å². The van der Waals surface area contributed by atoms with Crippen LogP contribution in [0.25, 0.3) is 0 Å². The monoisotopic (exact) mass is 265 g/mol. The summed E-state index contributed by atoms with van der Waals surface area (Å²) in [5, 5.41) is 1.09. The Labute approximate surface area is 113 Å². The highest BCUT2D eigenvalue weighted by atomic mass is 32.2. The number of methoxy groups -OCH3 is 1. The van der Waals surface area contributed by atoms with E-state index in [1.54, 1.807) is 11.8 Å². The number of hydrogen-bond donors (Lipinski definition) is 0. The maximum Gasteiger partial charge on any atom is 0.339 e. The highest BCUT2D eigenvalue weighted by molar-refractivity contribution is 8.03. The van der Waals surface area contributed by atoms with Crippen molar-refractivity contribution >= 4 is 17.7 Å². The molecule has 0 fully saturated rings. The first-order valence-electron chi connectivity index (χ1n) is 5.70. The van der Waals surface area contributed by atoms with Crippen LogP contribution in [0.5, 0.6) is 0 Å². The zero-order chi connectivity index (χ0) is 13.7. The number of rotatable bonds is 4. The summed E-state index contributed by atoms with van der Waals surface area (Å²) in [5.74, 6) is -0.299. The summed E-state index contributed by atoms with van der Waals surface area (Å²) in [5.41, 5.74) is 1.73. The van der Waals surface area contributed by atoms with Crippen LogP contribution in [0.1, 0.15) is 22.8 Å². The normalized spacial score (nSPS) is 11.3. The molecule has 0 amide bonds. The van der Waals surface area contributed by atoms with Crippen molar-refractivity contribution in [3.05, 3.63) is 40.4 Å². The lowest BCUT2D eigenvalue weighted by Crippen LogP contribution is -2.09. The summed E-state index contributed by atoms with van der Waals surface area (Å²) in [6.07, 6.45) is 2.02. The topological polar surface area (TPSA) is 29.5 Å². The highest BCUT2D eigenvalue weighted by Crippen LogP contribution is 2.31. The fourth-order valence-electron chi connectivity index (χ4n) is 1.51. The molecule has 0 aliphatic rings. The van der Waals surface area contributed by atoms with Gasteiger partial charge in [-0.05, 0) is 31.5 Å². The van der Waals surface area contributed by atoms with Crippen molar-refractivity contribution in [3.63, 3.8) is 0 Å². The first kappa shape index (κ1) is 14.6. The molecule has 0 heterocycles. The third kappa shape index (κ3) is 3.53. The van der Waals surface area contributed by atoms with Crippen molar-refractivity contribution in [1.82, 2.24) is 4.90 Å². The lowest BCUT2D eigenvalue weighted by Gasteiger charge is -2.17. The smallest absolute Gasteiger partial charge is 0.339 e. The summed E-state index contributed by atoms with van der Waals surface area (Å²) in [7, 11) is 5.37. The summed E-state index contributed by atoms with van der Waals surface area (Å²) in [4.78, 5) is 14.7. The largest absolute Gasteiger partial charge is 0.465 e. The summed E-state index contributed by atoms with van der Waals surface area (Å²) < 4.78 is 4.81. The van der Waals surface area contributed by atoms with Crippen LogP contribution in [-0.4, -0.2) is 32.1 Å². The minimum Gasteiger partial charge on any atom is -0.465 e. The molecule has 0 saturated heterocycles. The molecule has 98 valence electrons. The summed E-state index contributed by atoms with van der Waals surface area (Å²) >= 11 is 1.57. The van der Waals surface area contributed by atoms with E-state index >= 15 is 0 Å². The van der Waals surface area contributed by atoms with Crippen molar-refractivity contribution in [2.45, 2.75) is 18.7 Å². The van der Waals surface area contributed by atoms with Gasteiger partial charge >= 0.3 is 5.97 Å². The minimum atomic E-state index is -0.299. The molecule has 0 unspecified atom stereocenters. The Balaban J connectivity index is 3.14. The number of ether oxygens (including phenoxy) is 1. The van der Waals surface area contributed by atoms with Gasteiger partial charge in [-0.25, -0.2) is 4.79 Å². The molecule has 0 N–H and O–H groups in total. The number of benzene rings is 1. The average Bonchev–Trinajstić information content (AvgIpc) is 2.34. The van der Waals surface area contributed by atoms with E-state index in [0.29, 0.717) is 5.56 Å². The SMILES string of the molecule is CC=C(Sc1cc(C)ccc1C(=O)OC)N(C)C. The third-order valence-corrected chi connectivity index (χ3v) is 3.81. The van der Waals surface area contributed by atoms with Gasteiger partial charge in [0.1, 0.15) is 0 Å². The van der Waals surface area contributed by atoms with E-state index in [9.17, 15) is 4.79 Å². The van der Waals surface area contributed by atoms with E-state index in [2.05, 4.69) is 0 Å². The lowest BCUT2D eigenvalue weighted by molar-refractivity contribution is 0.0597. The lowest BCUT2D eigenvalue weighted by atomic mass is 10.1. The molecule has 4 heteroatoms. The Bertz CT molecular complexity index is 467. The number of hydrogen-bond acceptors (Lipinski definition) is 4. The van der Waals surface area contributed by atoms with E-state index in [1.807, 2.05) is 57.1 Å². The fraction of sp³-hybridized carbons (Fsp3) is 0.357. The van der Waals surface area contributed by atoms with Gasteiger partial charge in [-0.1, -0.05) is 23.9 Å². The minimum absolute atomic E-state index is 0.299. The zero-order valence-electron chi connectivity index (χ0n) is 11.5. The van der Waals surface area contributed by atoms with Crippen molar-refractivity contribution in [2.75, 3.05) is 21.2 Å². The number of carbonyl (C=O) groups excluding carboxylic acids is 1. The van der Waals surface area contributed by atoms with Crippen LogP contribution in [0.15, 0.2) is 34.2 Å². The molecule has 0 atom stereocenters. The van der Waals surface area contributed by atoms with E-state index in [-0.39, 0.29) is 5.97 Å². The Morgan fingerprint density at radius 2 is 2.06 bits per heavy atom. The van der Waals surface area contributed by atoms with Crippen LogP contribution in [0.4, 0.5) is 0 Å². The van der Waals surface area contributed by atoms with Crippen LogP contribution < -0.4 is 0 Å². The molecule has 0 aromatic heterocycles. The predicted octanol–water partition coefficient (Wildman–Crippen LogP) is 3.30. The number of esters is 1. The number of allylic oxidation sites excluding steroid dienone is 1. The molecule has 0 aliphatic carbocycles. The molecule has 0 bridgehead atoms. The van der Waals surface area contributed by atoms with Gasteiger partial charge in [0.2, 0.25) is 0 Å². The molecule has 0 saturated carbocycles. The molecular formula is C14H19NO2S. The van der Waals surface area contributed by atoms with E-state index < -0.39 is 0 Å². The summed E-state index contributed by atoms with van der Waals surface area (Å²) in [6, 6.07) is 5.73. The van der Waals surface area contributed by atoms with Gasteiger partial charge in [0, 0.05) is 19.0 Å². The van der Waals surface area contributed by atoms with Gasteiger partial charge in [0.25, 0.3) is 0 Å². The van der Waals surface area contributed by atoms with Gasteiger partial charge in [-0.2, -0.15) is 0 Å². The van der Waals surface area contributed by atoms with Gasteiger partial charge in [0.15, 0.2) is 0 Å². The number of aryl methyl sites for hydroxylation is 1. The standard InChI is InChI=1S/C14H19NO2S/c1-6-13(15(3)4)18-12-9-10(2)7-8-11(12)14(16)17-5/h6-9H,1-5H3. The molecule has 1 aromatic carbocycles. The predicted molar refractivity (Wildman–Crippen MR) is 75.8 cm³/mol. The van der Waals surface area contributed by atoms with Gasteiger partial charge in [-0.3, -0.25) is 0 Å². The van der Waals surface area contributed by atoms with Crippen LogP contribution >= 0.6 is 11.8 Å². The Morgan fingerprint density at radius 3 is 2.56 bits per heavy atom. The first-order valence-corrected chi connectivity index (χ1v) is 6.51. The van der Waals surface area contributed by atoms with Gasteiger partial charge in [0.05, 0.1) is 17.7 Å². The zero-order valence-corrected chi connectivity index (χ0v) is 12.3. The molecule has 18 heavy (non-hydrogen) atoms. The number of carbonyl (C=O) groups is 1. The molecule has 3 nitrogen and oxygen atoms in total. The van der Waals surface area contributed by atoms with Crippen molar-refractivity contribution < 1.29 is 9.53 Å². The van der Waals surface area contributed by atoms with Crippen LogP contribution in [0.3, 0.4) is 0 Å². The molecule has 0 spiro atoms. The molecule has 0 aliphatic heterocycles. The molecular weight excluding hydrogens is 246 g/mol. The van der Waals surface area contributed by atoms with Crippen LogP contribution in [-0.2, 0) is 4.74 Å². The van der Waals surface area contributed by atoms with Crippen molar-refractivity contribution in [3.8, 4) is 0 Å². The van der Waals surface area contributed by atoms with Gasteiger partial charge in [-0.15, -0.1) is 0 Å². The maximum absolute atomic E-state index is 11.7. The Hall–Kier alpha value is -1.42.